The van der Waals surface area contributed by atoms with E-state index in [9.17, 15) is 4.79 Å². The highest BCUT2D eigenvalue weighted by Gasteiger charge is 2.23. The van der Waals surface area contributed by atoms with Crippen molar-refractivity contribution in [3.05, 3.63) is 38.9 Å². The number of H-pyrrole nitrogens is 1. The number of benzene rings is 1. The molecule has 0 spiro atoms. The fourth-order valence-electron chi connectivity index (χ4n) is 2.32. The number of nitrogens with one attached hydrogen (secondary N) is 2. The van der Waals surface area contributed by atoms with Gasteiger partial charge in [0.1, 0.15) is 16.9 Å². The molecule has 2 aromatic heterocycles. The highest BCUT2D eigenvalue weighted by molar-refractivity contribution is 9.10. The third kappa shape index (κ3) is 2.57. The summed E-state index contributed by atoms with van der Waals surface area (Å²) in [6, 6.07) is 5.65. The summed E-state index contributed by atoms with van der Waals surface area (Å²) in [6.07, 6.45) is 0. The van der Waals surface area contributed by atoms with Gasteiger partial charge in [-0.25, -0.2) is 4.98 Å². The van der Waals surface area contributed by atoms with Gasteiger partial charge < -0.3 is 14.7 Å². The number of rotatable bonds is 1. The predicted molar refractivity (Wildman–Crippen MR) is 89.9 cm³/mol. The average Bonchev–Trinajstić information content (AvgIpc) is 2.66. The van der Waals surface area contributed by atoms with Gasteiger partial charge in [-0.3, -0.25) is 4.79 Å². The Hall–Kier alpha value is -1.08. The van der Waals surface area contributed by atoms with Gasteiger partial charge in [0.25, 0.3) is 5.56 Å². The fourth-order valence-corrected chi connectivity index (χ4v) is 2.68. The molecule has 0 aliphatic carbocycles. The van der Waals surface area contributed by atoms with Crippen molar-refractivity contribution < 1.29 is 4.42 Å². The standard InChI is InChI=1S/C13H10BrN3O2.2ClH/c14-7-1-2-9-8(3-7)10-11(19-9)13(18)17-12(16-10)6-4-15-5-6;;/h1-3,6,15H,4-5H2,(H,16,17,18);2*1H. The number of nitrogens with zero attached hydrogens (tertiary/aromatic N) is 1. The van der Waals surface area contributed by atoms with Gasteiger partial charge in [-0.2, -0.15) is 0 Å². The summed E-state index contributed by atoms with van der Waals surface area (Å²) in [4.78, 5) is 19.5. The zero-order valence-electron chi connectivity index (χ0n) is 10.7. The van der Waals surface area contributed by atoms with E-state index >= 15 is 0 Å². The first-order valence-electron chi connectivity index (χ1n) is 6.05. The highest BCUT2D eigenvalue weighted by atomic mass is 79.9. The second-order valence-electron chi connectivity index (χ2n) is 4.73. The quantitative estimate of drug-likeness (QED) is 0.667. The Kier molecular flexibility index (Phi) is 4.63. The minimum atomic E-state index is -0.209. The molecule has 1 aliphatic heterocycles. The summed E-state index contributed by atoms with van der Waals surface area (Å²) in [7, 11) is 0. The monoisotopic (exact) mass is 391 g/mol. The Labute approximate surface area is 140 Å². The Bertz CT molecular complexity index is 858. The van der Waals surface area contributed by atoms with E-state index in [0.717, 1.165) is 28.8 Å². The van der Waals surface area contributed by atoms with Gasteiger partial charge in [0, 0.05) is 28.9 Å². The van der Waals surface area contributed by atoms with Crippen LogP contribution in [0.25, 0.3) is 22.1 Å². The lowest BCUT2D eigenvalue weighted by atomic mass is 10.0. The minimum absolute atomic E-state index is 0. The molecular formula is C13H12BrCl2N3O2. The van der Waals surface area contributed by atoms with Crippen molar-refractivity contribution in [2.24, 2.45) is 0 Å². The lowest BCUT2D eigenvalue weighted by molar-refractivity contribution is 0.430. The maximum atomic E-state index is 12.1. The third-order valence-corrected chi connectivity index (χ3v) is 3.97. The van der Waals surface area contributed by atoms with Crippen LogP contribution in [0.1, 0.15) is 11.7 Å². The first-order valence-corrected chi connectivity index (χ1v) is 6.84. The lowest BCUT2D eigenvalue weighted by Crippen LogP contribution is -2.41. The summed E-state index contributed by atoms with van der Waals surface area (Å²) in [5, 5.41) is 4.04. The Morgan fingerprint density at radius 1 is 1.29 bits per heavy atom. The van der Waals surface area contributed by atoms with E-state index in [0.29, 0.717) is 16.7 Å². The molecule has 4 rings (SSSR count). The fraction of sp³-hybridized carbons (Fsp3) is 0.231. The van der Waals surface area contributed by atoms with Crippen LogP contribution in [0.3, 0.4) is 0 Å². The Morgan fingerprint density at radius 3 is 2.71 bits per heavy atom. The van der Waals surface area contributed by atoms with Crippen LogP contribution in [0.2, 0.25) is 0 Å². The van der Waals surface area contributed by atoms with E-state index in [-0.39, 0.29) is 36.3 Å². The van der Waals surface area contributed by atoms with Crippen LogP contribution < -0.4 is 10.9 Å². The van der Waals surface area contributed by atoms with Crippen molar-refractivity contribution >= 4 is 62.8 Å². The average molecular weight is 393 g/mol. The molecule has 5 nitrogen and oxygen atoms in total. The van der Waals surface area contributed by atoms with E-state index in [2.05, 4.69) is 31.2 Å². The van der Waals surface area contributed by atoms with E-state index in [1.807, 2.05) is 18.2 Å². The zero-order valence-corrected chi connectivity index (χ0v) is 13.9. The second-order valence-corrected chi connectivity index (χ2v) is 5.64. The number of aromatic amines is 1. The number of hydrogen-bond donors (Lipinski definition) is 2. The maximum Gasteiger partial charge on any atom is 0.294 e. The van der Waals surface area contributed by atoms with Gasteiger partial charge in [0.15, 0.2) is 0 Å². The third-order valence-electron chi connectivity index (χ3n) is 3.47. The van der Waals surface area contributed by atoms with Crippen LogP contribution in [-0.2, 0) is 0 Å². The number of fused-ring (bicyclic) bond motifs is 3. The minimum Gasteiger partial charge on any atom is -0.449 e. The summed E-state index contributed by atoms with van der Waals surface area (Å²) < 4.78 is 6.52. The van der Waals surface area contributed by atoms with Crippen LogP contribution >= 0.6 is 40.7 Å². The maximum absolute atomic E-state index is 12.1. The van der Waals surface area contributed by atoms with E-state index < -0.39 is 0 Å². The topological polar surface area (TPSA) is 70.9 Å². The number of furan rings is 1. The van der Waals surface area contributed by atoms with Crippen LogP contribution in [0.5, 0.6) is 0 Å². The molecular weight excluding hydrogens is 381 g/mol. The van der Waals surface area contributed by atoms with Crippen LogP contribution in [-0.4, -0.2) is 23.1 Å². The molecule has 21 heavy (non-hydrogen) atoms. The molecule has 0 atom stereocenters. The van der Waals surface area contributed by atoms with Crippen LogP contribution in [0, 0.1) is 0 Å². The number of hydrogen-bond acceptors (Lipinski definition) is 4. The SMILES string of the molecule is Cl.Cl.O=c1[nH]c(C2CNC2)nc2c1oc1ccc(Br)cc12. The van der Waals surface area contributed by atoms with Crippen molar-refractivity contribution in [3.63, 3.8) is 0 Å². The molecule has 1 saturated heterocycles. The van der Waals surface area contributed by atoms with Crippen molar-refractivity contribution in [1.82, 2.24) is 15.3 Å². The van der Waals surface area contributed by atoms with Gasteiger partial charge in [-0.05, 0) is 18.2 Å². The first-order chi connectivity index (χ1) is 9.22. The molecule has 1 aliphatic rings. The van der Waals surface area contributed by atoms with Gasteiger partial charge in [-0.15, -0.1) is 24.8 Å². The molecule has 112 valence electrons. The normalized spacial score (nSPS) is 14.5. The van der Waals surface area contributed by atoms with Gasteiger partial charge in [-0.1, -0.05) is 15.9 Å². The Morgan fingerprint density at radius 2 is 2.05 bits per heavy atom. The second kappa shape index (κ2) is 5.96. The van der Waals surface area contributed by atoms with E-state index in [1.54, 1.807) is 0 Å². The van der Waals surface area contributed by atoms with Crippen LogP contribution in [0.15, 0.2) is 31.9 Å². The van der Waals surface area contributed by atoms with Crippen molar-refractivity contribution in [2.75, 3.05) is 13.1 Å². The molecule has 1 aromatic carbocycles. The molecule has 0 saturated carbocycles. The molecule has 0 unspecified atom stereocenters. The highest BCUT2D eigenvalue weighted by Crippen LogP contribution is 2.28. The first kappa shape index (κ1) is 16.3. The number of aromatic nitrogens is 2. The summed E-state index contributed by atoms with van der Waals surface area (Å²) in [6.45, 7) is 1.71. The molecule has 3 heterocycles. The van der Waals surface area contributed by atoms with Gasteiger partial charge in [0.05, 0.1) is 0 Å². The zero-order chi connectivity index (χ0) is 13.0. The number of halogens is 3. The molecule has 3 aromatic rings. The van der Waals surface area contributed by atoms with Crippen molar-refractivity contribution in [1.29, 1.82) is 0 Å². The molecule has 0 radical (unpaired) electrons. The summed E-state index contributed by atoms with van der Waals surface area (Å²) in [5.41, 5.74) is 1.41. The largest absolute Gasteiger partial charge is 0.449 e. The molecule has 1 fully saturated rings. The van der Waals surface area contributed by atoms with Gasteiger partial charge in [0.2, 0.25) is 5.58 Å². The van der Waals surface area contributed by atoms with Gasteiger partial charge >= 0.3 is 0 Å². The molecule has 0 bridgehead atoms. The Balaban J connectivity index is 0.000000807. The summed E-state index contributed by atoms with van der Waals surface area (Å²) >= 11 is 3.43. The van der Waals surface area contributed by atoms with Crippen molar-refractivity contribution in [3.8, 4) is 0 Å². The van der Waals surface area contributed by atoms with Crippen LogP contribution in [0.4, 0.5) is 0 Å². The summed E-state index contributed by atoms with van der Waals surface area (Å²) in [5.74, 6) is 1.02. The van der Waals surface area contributed by atoms with E-state index in [4.69, 9.17) is 4.42 Å². The lowest BCUT2D eigenvalue weighted by Gasteiger charge is -2.25. The van der Waals surface area contributed by atoms with Crippen molar-refractivity contribution in [2.45, 2.75) is 5.92 Å². The molecule has 0 amide bonds. The molecule has 2 N–H and O–H groups in total. The smallest absolute Gasteiger partial charge is 0.294 e. The molecule has 8 heteroatoms. The predicted octanol–water partition coefficient (Wildman–Crippen LogP) is 2.96. The van der Waals surface area contributed by atoms with E-state index in [1.165, 1.54) is 0 Å².